The van der Waals surface area contributed by atoms with E-state index in [2.05, 4.69) is 44.1 Å². The summed E-state index contributed by atoms with van der Waals surface area (Å²) in [5, 5.41) is 3.68. The van der Waals surface area contributed by atoms with Crippen LogP contribution in [-0.4, -0.2) is 11.5 Å². The Kier molecular flexibility index (Phi) is 4.62. The molecule has 1 unspecified atom stereocenters. The fraction of sp³-hybridized carbons (Fsp3) is 0.706. The van der Waals surface area contributed by atoms with Crippen molar-refractivity contribution < 1.29 is 0 Å². The number of rotatable bonds is 4. The monoisotopic (exact) mass is 260 g/mol. The molecule has 1 atom stereocenters. The van der Waals surface area contributed by atoms with Crippen LogP contribution in [0.2, 0.25) is 0 Å². The second kappa shape index (κ2) is 6.04. The molecule has 0 bridgehead atoms. The summed E-state index contributed by atoms with van der Waals surface area (Å²) in [5.41, 5.74) is 3.17. The third kappa shape index (κ3) is 3.79. The smallest absolute Gasteiger partial charge is 0.0363 e. The van der Waals surface area contributed by atoms with Crippen LogP contribution in [0.1, 0.15) is 63.6 Å². The number of aromatic nitrogens is 1. The number of hydrogen-bond acceptors (Lipinski definition) is 2. The maximum absolute atomic E-state index is 4.37. The Morgan fingerprint density at radius 2 is 2.00 bits per heavy atom. The van der Waals surface area contributed by atoms with E-state index in [1.54, 1.807) is 0 Å². The van der Waals surface area contributed by atoms with Crippen molar-refractivity contribution in [2.45, 2.75) is 59.4 Å². The van der Waals surface area contributed by atoms with Crippen molar-refractivity contribution in [3.8, 4) is 0 Å². The third-order valence-electron chi connectivity index (χ3n) is 4.53. The normalized spacial score (nSPS) is 21.3. The van der Waals surface area contributed by atoms with Gasteiger partial charge in [0.2, 0.25) is 0 Å². The highest BCUT2D eigenvalue weighted by molar-refractivity contribution is 5.21. The number of hydrogen-bond donors (Lipinski definition) is 1. The van der Waals surface area contributed by atoms with E-state index in [-0.39, 0.29) is 0 Å². The van der Waals surface area contributed by atoms with Gasteiger partial charge in [0.05, 0.1) is 0 Å². The maximum atomic E-state index is 4.37. The van der Waals surface area contributed by atoms with Crippen molar-refractivity contribution in [1.82, 2.24) is 10.3 Å². The minimum atomic E-state index is 0.480. The molecule has 1 aromatic rings. The van der Waals surface area contributed by atoms with Crippen molar-refractivity contribution >= 4 is 0 Å². The van der Waals surface area contributed by atoms with Crippen molar-refractivity contribution in [3.05, 3.63) is 29.6 Å². The fourth-order valence-electron chi connectivity index (χ4n) is 3.28. The molecule has 0 saturated heterocycles. The molecule has 0 amide bonds. The molecule has 1 saturated carbocycles. The van der Waals surface area contributed by atoms with Crippen LogP contribution in [0.25, 0.3) is 0 Å². The predicted octanol–water partition coefficient (Wildman–Crippen LogP) is 4.26. The minimum Gasteiger partial charge on any atom is -0.310 e. The molecule has 1 fully saturated rings. The molecule has 1 aliphatic rings. The number of nitrogens with one attached hydrogen (secondary N) is 1. The average Bonchev–Trinajstić information content (AvgIpc) is 2.36. The standard InChI is InChI=1S/C17H28N2/c1-5-19-16(15-10-13(2)11-18-12-15)14-6-8-17(3,4)9-7-14/h10-12,14,16,19H,5-9H2,1-4H3. The zero-order valence-electron chi connectivity index (χ0n) is 12.9. The molecule has 1 N–H and O–H groups in total. The van der Waals surface area contributed by atoms with Crippen LogP contribution in [0.4, 0.5) is 0 Å². The first-order valence-corrected chi connectivity index (χ1v) is 7.67. The van der Waals surface area contributed by atoms with Crippen LogP contribution in [0, 0.1) is 18.3 Å². The molecule has 1 heterocycles. The quantitative estimate of drug-likeness (QED) is 0.875. The summed E-state index contributed by atoms with van der Waals surface area (Å²) in [6, 6.07) is 2.77. The lowest BCUT2D eigenvalue weighted by atomic mass is 9.70. The molecule has 19 heavy (non-hydrogen) atoms. The largest absolute Gasteiger partial charge is 0.310 e. The lowest BCUT2D eigenvalue weighted by Crippen LogP contribution is -2.33. The molecule has 1 aliphatic carbocycles. The molecule has 0 spiro atoms. The molecule has 106 valence electrons. The first-order chi connectivity index (χ1) is 9.02. The fourth-order valence-corrected chi connectivity index (χ4v) is 3.28. The molecule has 2 nitrogen and oxygen atoms in total. The van der Waals surface area contributed by atoms with Gasteiger partial charge in [0.1, 0.15) is 0 Å². The summed E-state index contributed by atoms with van der Waals surface area (Å²) >= 11 is 0. The molecule has 1 aromatic heterocycles. The van der Waals surface area contributed by atoms with Gasteiger partial charge in [-0.15, -0.1) is 0 Å². The second-order valence-corrected chi connectivity index (χ2v) is 6.83. The van der Waals surface area contributed by atoms with Gasteiger partial charge in [0.25, 0.3) is 0 Å². The molecular weight excluding hydrogens is 232 g/mol. The van der Waals surface area contributed by atoms with Gasteiger partial charge in [-0.05, 0) is 61.6 Å². The average molecular weight is 260 g/mol. The zero-order chi connectivity index (χ0) is 13.9. The number of nitrogens with zero attached hydrogens (tertiary/aromatic N) is 1. The highest BCUT2D eigenvalue weighted by Gasteiger charge is 2.31. The Bertz CT molecular complexity index is 401. The van der Waals surface area contributed by atoms with Crippen LogP contribution in [0.15, 0.2) is 18.5 Å². The van der Waals surface area contributed by atoms with Gasteiger partial charge in [0.15, 0.2) is 0 Å². The van der Waals surface area contributed by atoms with Crippen molar-refractivity contribution in [3.63, 3.8) is 0 Å². The summed E-state index contributed by atoms with van der Waals surface area (Å²) in [4.78, 5) is 4.37. The predicted molar refractivity (Wildman–Crippen MR) is 81.1 cm³/mol. The van der Waals surface area contributed by atoms with E-state index < -0.39 is 0 Å². The van der Waals surface area contributed by atoms with Gasteiger partial charge in [-0.2, -0.15) is 0 Å². The Morgan fingerprint density at radius 3 is 2.58 bits per heavy atom. The van der Waals surface area contributed by atoms with E-state index in [0.29, 0.717) is 11.5 Å². The van der Waals surface area contributed by atoms with Crippen LogP contribution in [-0.2, 0) is 0 Å². The highest BCUT2D eigenvalue weighted by atomic mass is 14.9. The van der Waals surface area contributed by atoms with Gasteiger partial charge in [0, 0.05) is 18.4 Å². The van der Waals surface area contributed by atoms with Crippen molar-refractivity contribution in [1.29, 1.82) is 0 Å². The lowest BCUT2D eigenvalue weighted by molar-refractivity contribution is 0.162. The topological polar surface area (TPSA) is 24.9 Å². The van der Waals surface area contributed by atoms with E-state index in [1.807, 2.05) is 12.4 Å². The van der Waals surface area contributed by atoms with Gasteiger partial charge < -0.3 is 5.32 Å². The van der Waals surface area contributed by atoms with Crippen molar-refractivity contribution in [2.75, 3.05) is 6.54 Å². The first-order valence-electron chi connectivity index (χ1n) is 7.67. The zero-order valence-corrected chi connectivity index (χ0v) is 12.9. The molecule has 0 aromatic carbocycles. The Balaban J connectivity index is 2.12. The van der Waals surface area contributed by atoms with E-state index >= 15 is 0 Å². The number of aryl methyl sites for hydroxylation is 1. The Hall–Kier alpha value is -0.890. The SMILES string of the molecule is CCNC(c1cncc(C)c1)C1CCC(C)(C)CC1. The second-order valence-electron chi connectivity index (χ2n) is 6.83. The van der Waals surface area contributed by atoms with Gasteiger partial charge in [-0.3, -0.25) is 4.98 Å². The van der Waals surface area contributed by atoms with Crippen LogP contribution in [0.3, 0.4) is 0 Å². The van der Waals surface area contributed by atoms with E-state index in [1.165, 1.54) is 36.8 Å². The van der Waals surface area contributed by atoms with E-state index in [4.69, 9.17) is 0 Å². The summed E-state index contributed by atoms with van der Waals surface area (Å²) in [6.45, 7) is 10.2. The summed E-state index contributed by atoms with van der Waals surface area (Å²) in [7, 11) is 0. The maximum Gasteiger partial charge on any atom is 0.0363 e. The molecule has 2 heteroatoms. The molecule has 0 radical (unpaired) electrons. The molecule has 2 rings (SSSR count). The van der Waals surface area contributed by atoms with E-state index in [9.17, 15) is 0 Å². The van der Waals surface area contributed by atoms with Gasteiger partial charge >= 0.3 is 0 Å². The minimum absolute atomic E-state index is 0.480. The molecule has 0 aliphatic heterocycles. The lowest BCUT2D eigenvalue weighted by Gasteiger charge is -2.38. The summed E-state index contributed by atoms with van der Waals surface area (Å²) in [5.74, 6) is 0.761. The van der Waals surface area contributed by atoms with Gasteiger partial charge in [-0.25, -0.2) is 0 Å². The first kappa shape index (κ1) is 14.5. The highest BCUT2D eigenvalue weighted by Crippen LogP contribution is 2.42. The van der Waals surface area contributed by atoms with Gasteiger partial charge in [-0.1, -0.05) is 26.8 Å². The van der Waals surface area contributed by atoms with Crippen LogP contribution < -0.4 is 5.32 Å². The van der Waals surface area contributed by atoms with Crippen molar-refractivity contribution in [2.24, 2.45) is 11.3 Å². The number of pyridine rings is 1. The molecular formula is C17H28N2. The third-order valence-corrected chi connectivity index (χ3v) is 4.53. The summed E-state index contributed by atoms with van der Waals surface area (Å²) in [6.07, 6.45) is 9.34. The summed E-state index contributed by atoms with van der Waals surface area (Å²) < 4.78 is 0. The van der Waals surface area contributed by atoms with Crippen LogP contribution in [0.5, 0.6) is 0 Å². The Labute approximate surface area is 118 Å². The van der Waals surface area contributed by atoms with Crippen LogP contribution >= 0.6 is 0 Å². The Morgan fingerprint density at radius 1 is 1.32 bits per heavy atom. The van der Waals surface area contributed by atoms with E-state index in [0.717, 1.165) is 12.5 Å².